The van der Waals surface area contributed by atoms with E-state index in [1.807, 2.05) is 44.2 Å². The second-order valence-corrected chi connectivity index (χ2v) is 7.77. The fourth-order valence-electron chi connectivity index (χ4n) is 2.36. The summed E-state index contributed by atoms with van der Waals surface area (Å²) in [6.07, 6.45) is 0.869. The average molecular weight is 309 g/mol. The first-order valence-electron chi connectivity index (χ1n) is 7.31. The predicted molar refractivity (Wildman–Crippen MR) is 86.1 cm³/mol. The molecule has 0 aliphatic carbocycles. The van der Waals surface area contributed by atoms with E-state index in [0.717, 1.165) is 17.4 Å². The van der Waals surface area contributed by atoms with Crippen LogP contribution in [0.2, 0.25) is 0 Å². The molecule has 0 aliphatic rings. The van der Waals surface area contributed by atoms with Crippen LogP contribution in [-0.2, 0) is 9.84 Å². The fraction of sp³-hybridized carbons (Fsp3) is 0.500. The van der Waals surface area contributed by atoms with E-state index in [4.69, 9.17) is 4.42 Å². The van der Waals surface area contributed by atoms with Crippen molar-refractivity contribution in [3.8, 4) is 0 Å². The van der Waals surface area contributed by atoms with Crippen molar-refractivity contribution in [2.45, 2.75) is 26.3 Å². The zero-order valence-electron chi connectivity index (χ0n) is 12.8. The largest absolute Gasteiger partial charge is 0.459 e. The van der Waals surface area contributed by atoms with Gasteiger partial charge in [0.2, 0.25) is 0 Å². The maximum atomic E-state index is 12.3. The second kappa shape index (κ2) is 6.62. The van der Waals surface area contributed by atoms with Gasteiger partial charge in [-0.3, -0.25) is 0 Å². The van der Waals surface area contributed by atoms with Gasteiger partial charge < -0.3 is 9.73 Å². The molecule has 1 aromatic carbocycles. The van der Waals surface area contributed by atoms with Gasteiger partial charge in [-0.2, -0.15) is 0 Å². The number of hydrogen-bond donors (Lipinski definition) is 1. The quantitative estimate of drug-likeness (QED) is 0.853. The second-order valence-electron chi connectivity index (χ2n) is 5.62. The molecule has 4 nitrogen and oxygen atoms in total. The lowest BCUT2D eigenvalue weighted by Gasteiger charge is -2.15. The van der Waals surface area contributed by atoms with Gasteiger partial charge >= 0.3 is 0 Å². The van der Waals surface area contributed by atoms with Crippen LogP contribution in [0.4, 0.5) is 0 Å². The van der Waals surface area contributed by atoms with E-state index in [9.17, 15) is 8.42 Å². The molecule has 2 atom stereocenters. The minimum atomic E-state index is -3.11. The maximum absolute atomic E-state index is 12.3. The topological polar surface area (TPSA) is 59.3 Å². The molecular formula is C16H23NO3S. The molecule has 0 saturated heterocycles. The van der Waals surface area contributed by atoms with E-state index in [1.165, 1.54) is 0 Å². The Morgan fingerprint density at radius 3 is 2.57 bits per heavy atom. The fourth-order valence-corrected chi connectivity index (χ4v) is 4.43. The minimum absolute atomic E-state index is 0.0632. The monoisotopic (exact) mass is 309 g/mol. The van der Waals surface area contributed by atoms with E-state index in [0.29, 0.717) is 5.76 Å². The summed E-state index contributed by atoms with van der Waals surface area (Å²) in [5, 5.41) is 4.05. The third kappa shape index (κ3) is 4.08. The third-order valence-corrected chi connectivity index (χ3v) is 5.71. The summed E-state index contributed by atoms with van der Waals surface area (Å²) in [5.41, 5.74) is 0.784. The van der Waals surface area contributed by atoms with Crippen molar-refractivity contribution in [1.29, 1.82) is 0 Å². The van der Waals surface area contributed by atoms with Crippen molar-refractivity contribution in [3.05, 3.63) is 36.1 Å². The van der Waals surface area contributed by atoms with Gasteiger partial charge in [-0.25, -0.2) is 8.42 Å². The van der Waals surface area contributed by atoms with Gasteiger partial charge in [0, 0.05) is 5.39 Å². The van der Waals surface area contributed by atoms with Crippen molar-refractivity contribution in [2.24, 2.45) is 5.92 Å². The summed E-state index contributed by atoms with van der Waals surface area (Å²) < 4.78 is 30.3. The van der Waals surface area contributed by atoms with E-state index >= 15 is 0 Å². The van der Waals surface area contributed by atoms with Crippen LogP contribution in [0.25, 0.3) is 11.0 Å². The van der Waals surface area contributed by atoms with E-state index in [1.54, 1.807) is 7.05 Å². The number of furan rings is 1. The molecule has 1 heterocycles. The van der Waals surface area contributed by atoms with Crippen LogP contribution in [0.3, 0.4) is 0 Å². The predicted octanol–water partition coefficient (Wildman–Crippen LogP) is 3.15. The van der Waals surface area contributed by atoms with Gasteiger partial charge in [0.15, 0.2) is 9.84 Å². The summed E-state index contributed by atoms with van der Waals surface area (Å²) in [4.78, 5) is 0. The number of sulfone groups is 1. The Balaban J connectivity index is 2.19. The van der Waals surface area contributed by atoms with Crippen LogP contribution in [0, 0.1) is 5.92 Å². The first-order valence-corrected chi connectivity index (χ1v) is 9.13. The molecule has 0 bridgehead atoms. The highest BCUT2D eigenvalue weighted by Crippen LogP contribution is 2.25. The lowest BCUT2D eigenvalue weighted by Crippen LogP contribution is -2.27. The van der Waals surface area contributed by atoms with Crippen LogP contribution in [0.15, 0.2) is 34.7 Å². The third-order valence-electron chi connectivity index (χ3n) is 3.79. The van der Waals surface area contributed by atoms with Crippen LogP contribution in [0.5, 0.6) is 0 Å². The van der Waals surface area contributed by atoms with Gasteiger partial charge in [0.25, 0.3) is 0 Å². The summed E-state index contributed by atoms with van der Waals surface area (Å²) >= 11 is 0. The summed E-state index contributed by atoms with van der Waals surface area (Å²) in [5.74, 6) is 1.14. The molecule has 2 aromatic rings. The van der Waals surface area contributed by atoms with Gasteiger partial charge in [-0.05, 0) is 25.1 Å². The molecule has 0 amide bonds. The van der Waals surface area contributed by atoms with Crippen LogP contribution in [0.1, 0.15) is 32.1 Å². The molecular weight excluding hydrogens is 286 g/mol. The Kier molecular flexibility index (Phi) is 5.06. The lowest BCUT2D eigenvalue weighted by molar-refractivity contribution is 0.469. The Labute approximate surface area is 126 Å². The number of hydrogen-bond acceptors (Lipinski definition) is 4. The van der Waals surface area contributed by atoms with Gasteiger partial charge in [0.05, 0.1) is 17.5 Å². The number of fused-ring (bicyclic) bond motifs is 1. The smallest absolute Gasteiger partial charge is 0.152 e. The maximum Gasteiger partial charge on any atom is 0.152 e. The molecule has 2 rings (SSSR count). The van der Waals surface area contributed by atoms with Gasteiger partial charge in [-0.1, -0.05) is 38.5 Å². The molecule has 0 saturated carbocycles. The molecule has 0 radical (unpaired) electrons. The minimum Gasteiger partial charge on any atom is -0.459 e. The summed E-state index contributed by atoms with van der Waals surface area (Å²) in [6, 6.07) is 9.29. The van der Waals surface area contributed by atoms with Crippen molar-refractivity contribution < 1.29 is 12.8 Å². The number of nitrogens with one attached hydrogen (secondary N) is 1. The number of benzene rings is 1. The normalized spacial score (nSPS) is 15.2. The van der Waals surface area contributed by atoms with E-state index in [2.05, 4.69) is 5.32 Å². The first kappa shape index (κ1) is 16.0. The van der Waals surface area contributed by atoms with Crippen molar-refractivity contribution in [3.63, 3.8) is 0 Å². The highest BCUT2D eigenvalue weighted by atomic mass is 32.2. The van der Waals surface area contributed by atoms with Gasteiger partial charge in [-0.15, -0.1) is 0 Å². The Morgan fingerprint density at radius 2 is 1.95 bits per heavy atom. The van der Waals surface area contributed by atoms with Crippen LogP contribution < -0.4 is 5.32 Å². The lowest BCUT2D eigenvalue weighted by atomic mass is 10.2. The number of rotatable bonds is 7. The van der Waals surface area contributed by atoms with Crippen molar-refractivity contribution in [2.75, 3.05) is 18.6 Å². The molecule has 21 heavy (non-hydrogen) atoms. The average Bonchev–Trinajstić information content (AvgIpc) is 2.87. The molecule has 2 unspecified atom stereocenters. The van der Waals surface area contributed by atoms with E-state index < -0.39 is 9.84 Å². The van der Waals surface area contributed by atoms with Crippen molar-refractivity contribution >= 4 is 20.8 Å². The molecule has 0 aliphatic heterocycles. The van der Waals surface area contributed by atoms with Gasteiger partial charge in [0.1, 0.15) is 11.3 Å². The molecule has 1 aromatic heterocycles. The first-order chi connectivity index (χ1) is 9.95. The molecule has 116 valence electrons. The summed E-state index contributed by atoms with van der Waals surface area (Å²) in [6.45, 7) is 3.97. The molecule has 0 spiro atoms. The summed E-state index contributed by atoms with van der Waals surface area (Å²) in [7, 11) is -1.35. The zero-order chi connectivity index (χ0) is 15.5. The highest BCUT2D eigenvalue weighted by Gasteiger charge is 2.23. The van der Waals surface area contributed by atoms with Crippen molar-refractivity contribution in [1.82, 2.24) is 5.32 Å². The standard InChI is InChI=1S/C16H23NO3S/c1-4-12(2)10-21(18,19)11-14(17-3)16-9-13-7-5-6-8-15(13)20-16/h5-9,12,14,17H,4,10-11H2,1-3H3. The Bertz CT molecular complexity index is 657. The Morgan fingerprint density at radius 1 is 1.24 bits per heavy atom. The highest BCUT2D eigenvalue weighted by molar-refractivity contribution is 7.91. The van der Waals surface area contributed by atoms with Crippen LogP contribution >= 0.6 is 0 Å². The van der Waals surface area contributed by atoms with E-state index in [-0.39, 0.29) is 23.5 Å². The Hall–Kier alpha value is -1.33. The molecule has 0 fully saturated rings. The molecule has 5 heteroatoms. The van der Waals surface area contributed by atoms with Crippen LogP contribution in [-0.4, -0.2) is 27.0 Å². The zero-order valence-corrected chi connectivity index (χ0v) is 13.6. The molecule has 1 N–H and O–H groups in total. The SMILES string of the molecule is CCC(C)CS(=O)(=O)CC(NC)c1cc2ccccc2o1. The number of para-hydroxylation sites is 1.